The summed E-state index contributed by atoms with van der Waals surface area (Å²) in [6, 6.07) is 11.1. The Morgan fingerprint density at radius 2 is 1.82 bits per heavy atom. The Morgan fingerprint density at radius 3 is 2.58 bits per heavy atom. The van der Waals surface area contributed by atoms with Gasteiger partial charge in [-0.3, -0.25) is 23.9 Å². The van der Waals surface area contributed by atoms with Crippen molar-refractivity contribution in [2.24, 2.45) is 11.3 Å². The average Bonchev–Trinajstić information content (AvgIpc) is 4.05. The summed E-state index contributed by atoms with van der Waals surface area (Å²) in [5.41, 5.74) is -0.898. The van der Waals surface area contributed by atoms with Crippen LogP contribution < -0.4 is 14.8 Å². The van der Waals surface area contributed by atoms with Crippen molar-refractivity contribution in [2.75, 3.05) is 6.54 Å². The van der Waals surface area contributed by atoms with Crippen molar-refractivity contribution in [3.63, 3.8) is 0 Å². The zero-order valence-corrected chi connectivity index (χ0v) is 31.1. The first-order valence-corrected chi connectivity index (χ1v) is 20.4. The van der Waals surface area contributed by atoms with Gasteiger partial charge in [0.05, 0.1) is 28.8 Å². The number of hydrogen-bond donors (Lipinski definition) is 2. The maximum atomic E-state index is 14.6. The maximum Gasteiger partial charge on any atom is 0.274 e. The topological polar surface area (TPSA) is 178 Å². The Balaban J connectivity index is 1.13. The molecule has 0 radical (unpaired) electrons. The number of Topliss-reactive ketones (excluding diaryl/α,β-unsaturated/α-hetero) is 1. The molecule has 0 bridgehead atoms. The number of allylic oxidation sites excluding steroid dienone is 2. The summed E-state index contributed by atoms with van der Waals surface area (Å²) in [7, 11) is -3.88. The molecule has 288 valence electrons. The number of benzene rings is 2. The molecule has 13 nitrogen and oxygen atoms in total. The number of amides is 3. The van der Waals surface area contributed by atoms with Crippen molar-refractivity contribution < 1.29 is 41.2 Å². The molecule has 2 saturated carbocycles. The molecule has 5 atom stereocenters. The first-order chi connectivity index (χ1) is 26.4. The van der Waals surface area contributed by atoms with Gasteiger partial charge in [-0.15, -0.1) is 0 Å². The fourth-order valence-corrected chi connectivity index (χ4v) is 9.43. The molecule has 4 aromatic rings. The number of carbonyl (C=O) groups excluding carboxylic acids is 4. The monoisotopic (exact) mass is 771 g/mol. The van der Waals surface area contributed by atoms with Crippen molar-refractivity contribution in [3.8, 4) is 5.88 Å². The van der Waals surface area contributed by atoms with Gasteiger partial charge in [0.25, 0.3) is 5.91 Å². The van der Waals surface area contributed by atoms with Crippen molar-refractivity contribution in [1.29, 1.82) is 0 Å². The molecule has 1 saturated heterocycles. The van der Waals surface area contributed by atoms with Gasteiger partial charge < -0.3 is 19.5 Å². The Bertz CT molecular complexity index is 2340. The molecule has 2 aliphatic carbocycles. The van der Waals surface area contributed by atoms with Crippen LogP contribution in [-0.4, -0.2) is 76.9 Å². The molecule has 2 N–H and O–H groups in total. The van der Waals surface area contributed by atoms with Crippen LogP contribution in [0.25, 0.3) is 21.7 Å². The summed E-state index contributed by atoms with van der Waals surface area (Å²) in [6.45, 7) is 1.61. The number of rotatable bonds is 7. The standard InChI is InChI=1S/C40H42FN5O8S/c1-23-17-33(44-54-23)36(48)42-31-12-6-4-2-3-5-9-24-20-40(24,39(50)45-55(51,52)27-14-15-27)21-35(47)34-19-26(22-46(34)38(31)49)53-37-30-11-8-7-10-28(30)29-16-13-25(41)18-32(29)43-37/h5,7-11,13,16-18,24,26-27,31,34H,2-4,6,12,14-15,19-22H2,1H3,(H,42,48)(H,45,50)/b9-5-/t24-,26-,31+,34+,40-/m1/s1. The number of sulfonamides is 1. The van der Waals surface area contributed by atoms with Crippen LogP contribution in [0.4, 0.5) is 4.39 Å². The van der Waals surface area contributed by atoms with Crippen LogP contribution in [-0.2, 0) is 24.4 Å². The molecule has 15 heteroatoms. The van der Waals surface area contributed by atoms with E-state index in [1.54, 1.807) is 13.0 Å². The summed E-state index contributed by atoms with van der Waals surface area (Å²) in [4.78, 5) is 62.3. The van der Waals surface area contributed by atoms with Crippen molar-refractivity contribution >= 4 is 55.2 Å². The predicted molar refractivity (Wildman–Crippen MR) is 199 cm³/mol. The Morgan fingerprint density at radius 1 is 1.02 bits per heavy atom. The molecule has 55 heavy (non-hydrogen) atoms. The minimum Gasteiger partial charge on any atom is -0.472 e. The van der Waals surface area contributed by atoms with E-state index in [0.717, 1.165) is 23.6 Å². The maximum absolute atomic E-state index is 14.6. The zero-order chi connectivity index (χ0) is 38.5. The molecule has 8 rings (SSSR count). The summed E-state index contributed by atoms with van der Waals surface area (Å²) in [6.07, 6.45) is 7.25. The highest BCUT2D eigenvalue weighted by Crippen LogP contribution is 2.57. The Hall–Kier alpha value is -5.18. The number of pyridine rings is 1. The Kier molecular flexibility index (Phi) is 9.68. The lowest BCUT2D eigenvalue weighted by atomic mass is 9.91. The lowest BCUT2D eigenvalue weighted by molar-refractivity contribution is -0.140. The number of nitrogens with zero attached hydrogens (tertiary/aromatic N) is 3. The third-order valence-corrected chi connectivity index (χ3v) is 13.1. The summed E-state index contributed by atoms with van der Waals surface area (Å²) >= 11 is 0. The van der Waals surface area contributed by atoms with Crippen LogP contribution >= 0.6 is 0 Å². The van der Waals surface area contributed by atoms with Crippen LogP contribution in [0.5, 0.6) is 5.88 Å². The van der Waals surface area contributed by atoms with Gasteiger partial charge >= 0.3 is 0 Å². The normalized spacial score (nSPS) is 26.8. The largest absolute Gasteiger partial charge is 0.472 e. The molecule has 4 heterocycles. The number of ketones is 1. The molecule has 3 fully saturated rings. The van der Waals surface area contributed by atoms with Gasteiger partial charge in [-0.25, -0.2) is 17.8 Å². The van der Waals surface area contributed by atoms with Crippen molar-refractivity contribution in [3.05, 3.63) is 78.0 Å². The molecule has 2 aliphatic heterocycles. The van der Waals surface area contributed by atoms with Crippen molar-refractivity contribution in [2.45, 2.75) is 94.6 Å². The number of halogens is 1. The highest BCUT2D eigenvalue weighted by Gasteiger charge is 2.61. The molecule has 2 aromatic carbocycles. The fraction of sp³-hybridized carbons (Fsp3) is 0.450. The van der Waals surface area contributed by atoms with Crippen LogP contribution in [0.3, 0.4) is 0 Å². The second-order valence-electron chi connectivity index (χ2n) is 15.3. The number of carbonyl (C=O) groups is 4. The number of fused-ring (bicyclic) bond motifs is 5. The van der Waals surface area contributed by atoms with E-state index in [1.807, 2.05) is 36.4 Å². The van der Waals surface area contributed by atoms with Gasteiger partial charge in [0.1, 0.15) is 23.7 Å². The lowest BCUT2D eigenvalue weighted by Crippen LogP contribution is -2.52. The van der Waals surface area contributed by atoms with E-state index in [2.05, 4.69) is 20.2 Å². The molecule has 2 aromatic heterocycles. The molecular weight excluding hydrogens is 730 g/mol. The van der Waals surface area contributed by atoms with Crippen molar-refractivity contribution in [1.82, 2.24) is 25.1 Å². The van der Waals surface area contributed by atoms with E-state index in [4.69, 9.17) is 9.26 Å². The fourth-order valence-electron chi connectivity index (χ4n) is 8.04. The summed E-state index contributed by atoms with van der Waals surface area (Å²) in [5.74, 6) is -2.39. The van der Waals surface area contributed by atoms with Crippen LogP contribution in [0, 0.1) is 24.1 Å². The zero-order valence-electron chi connectivity index (χ0n) is 30.3. The van der Waals surface area contributed by atoms with E-state index < -0.39 is 68.2 Å². The molecule has 4 aliphatic rings. The third kappa shape index (κ3) is 7.45. The number of aryl methyl sites for hydroxylation is 1. The van der Waals surface area contributed by atoms with E-state index in [0.29, 0.717) is 55.2 Å². The van der Waals surface area contributed by atoms with Gasteiger partial charge in [0, 0.05) is 35.7 Å². The Labute approximate surface area is 317 Å². The SMILES string of the molecule is Cc1cc(C(=O)N[C@H]2CCCCC/C=C\[C@@H]3C[C@@]3(C(=O)NS(=O)(=O)C3CC3)CC(=O)[C@@H]3C[C@@H](Oc4nc5cc(F)ccc5c5ccccc45)CN3C2=O)no1. The molecule has 3 amide bonds. The number of hydrogen-bond acceptors (Lipinski definition) is 10. The van der Waals surface area contributed by atoms with E-state index in [1.165, 1.54) is 23.1 Å². The van der Waals surface area contributed by atoms with E-state index >= 15 is 0 Å². The van der Waals surface area contributed by atoms with Crippen LogP contribution in [0.15, 0.2) is 65.2 Å². The number of aromatic nitrogens is 2. The van der Waals surface area contributed by atoms with Crippen LogP contribution in [0.2, 0.25) is 0 Å². The predicted octanol–water partition coefficient (Wildman–Crippen LogP) is 5.06. The minimum absolute atomic E-state index is 0.0150. The summed E-state index contributed by atoms with van der Waals surface area (Å²) in [5, 5.41) is 8.18. The second-order valence-corrected chi connectivity index (χ2v) is 17.3. The molecule has 0 spiro atoms. The smallest absolute Gasteiger partial charge is 0.274 e. The molecular formula is C40H42FN5O8S. The first-order valence-electron chi connectivity index (χ1n) is 18.9. The van der Waals surface area contributed by atoms with E-state index in [-0.39, 0.29) is 36.9 Å². The minimum atomic E-state index is -3.88. The van der Waals surface area contributed by atoms with Gasteiger partial charge in [0.2, 0.25) is 27.7 Å². The van der Waals surface area contributed by atoms with Gasteiger partial charge in [-0.2, -0.15) is 0 Å². The second kappa shape index (κ2) is 14.5. The van der Waals surface area contributed by atoms with Gasteiger partial charge in [0.15, 0.2) is 11.5 Å². The van der Waals surface area contributed by atoms with Gasteiger partial charge in [-0.1, -0.05) is 48.3 Å². The highest BCUT2D eigenvalue weighted by molar-refractivity contribution is 7.90. The molecule has 0 unspecified atom stereocenters. The number of ether oxygens (including phenoxy) is 1. The van der Waals surface area contributed by atoms with Gasteiger partial charge in [-0.05, 0) is 75.0 Å². The first kappa shape index (κ1) is 36.8. The third-order valence-electron chi connectivity index (χ3n) is 11.3. The quantitative estimate of drug-likeness (QED) is 0.191. The van der Waals surface area contributed by atoms with E-state index in [9.17, 15) is 32.0 Å². The lowest BCUT2D eigenvalue weighted by Gasteiger charge is -2.29. The number of nitrogens with one attached hydrogen (secondary N) is 2. The summed E-state index contributed by atoms with van der Waals surface area (Å²) < 4.78 is 54.0. The highest BCUT2D eigenvalue weighted by atomic mass is 32.2. The van der Waals surface area contributed by atoms with Crippen LogP contribution in [0.1, 0.15) is 80.5 Å². The average molecular weight is 772 g/mol.